The average Bonchev–Trinajstić information content (AvgIpc) is 2.80. The van der Waals surface area contributed by atoms with Crippen LogP contribution in [0.3, 0.4) is 0 Å². The Morgan fingerprint density at radius 1 is 0.935 bits per heavy atom. The van der Waals surface area contributed by atoms with Crippen molar-refractivity contribution in [2.24, 2.45) is 0 Å². The second-order valence-corrected chi connectivity index (χ2v) is 6.00. The van der Waals surface area contributed by atoms with Crippen LogP contribution in [0.1, 0.15) is 5.56 Å². The first kappa shape index (κ1) is 22.0. The van der Waals surface area contributed by atoms with Crippen molar-refractivity contribution < 1.29 is 32.8 Å². The highest BCUT2D eigenvalue weighted by Crippen LogP contribution is 2.32. The smallest absolute Gasteiger partial charge is 0.227 e. The summed E-state index contributed by atoms with van der Waals surface area (Å²) >= 11 is 0. The largest absolute Gasteiger partial charge is 0.494 e. The summed E-state index contributed by atoms with van der Waals surface area (Å²) in [5.41, 5.74) is 0.269. The molecule has 0 aliphatic carbocycles. The molecule has 0 fully saturated rings. The zero-order valence-electron chi connectivity index (χ0n) is 16.8. The summed E-state index contributed by atoms with van der Waals surface area (Å²) in [6, 6.07) is 4.45. The summed E-state index contributed by atoms with van der Waals surface area (Å²) < 4.78 is 49.2. The number of aromatic nitrogens is 3. The predicted octanol–water partition coefficient (Wildman–Crippen LogP) is 2.86. The summed E-state index contributed by atoms with van der Waals surface area (Å²) in [6.07, 6.45) is 4.23. The van der Waals surface area contributed by atoms with E-state index in [4.69, 9.17) is 24.1 Å². The van der Waals surface area contributed by atoms with Gasteiger partial charge in [0.15, 0.2) is 28.9 Å². The van der Waals surface area contributed by atoms with Gasteiger partial charge in [-0.15, -0.1) is 0 Å². The number of benzene rings is 1. The predicted molar refractivity (Wildman–Crippen MR) is 106 cm³/mol. The Morgan fingerprint density at radius 2 is 1.61 bits per heavy atom. The maximum atomic E-state index is 14.4. The van der Waals surface area contributed by atoms with Gasteiger partial charge in [-0.25, -0.2) is 23.7 Å². The van der Waals surface area contributed by atoms with Gasteiger partial charge in [0.25, 0.3) is 0 Å². The van der Waals surface area contributed by atoms with Gasteiger partial charge in [0.05, 0.1) is 50.7 Å². The van der Waals surface area contributed by atoms with Gasteiger partial charge in [-0.1, -0.05) is 0 Å². The zero-order chi connectivity index (χ0) is 22.2. The number of ether oxygens (including phenoxy) is 4. The van der Waals surface area contributed by atoms with Gasteiger partial charge >= 0.3 is 0 Å². The number of pyridine rings is 1. The van der Waals surface area contributed by atoms with Gasteiger partial charge in [0.2, 0.25) is 11.8 Å². The number of hydrogen-bond donors (Lipinski definition) is 2. The molecule has 0 saturated heterocycles. The first-order valence-electron chi connectivity index (χ1n) is 9.06. The minimum atomic E-state index is -0.876. The average molecular weight is 434 g/mol. The number of aliphatic hydroxyl groups excluding tert-OH is 1. The van der Waals surface area contributed by atoms with Crippen LogP contribution in [-0.2, 0) is 6.61 Å². The van der Waals surface area contributed by atoms with Crippen LogP contribution in [0.4, 0.5) is 20.4 Å². The van der Waals surface area contributed by atoms with E-state index in [0.29, 0.717) is 11.6 Å². The van der Waals surface area contributed by atoms with Crippen LogP contribution >= 0.6 is 0 Å². The third-order valence-electron chi connectivity index (χ3n) is 4.01. The van der Waals surface area contributed by atoms with Crippen molar-refractivity contribution in [2.45, 2.75) is 6.61 Å². The minimum absolute atomic E-state index is 0.103. The molecule has 11 heteroatoms. The van der Waals surface area contributed by atoms with Gasteiger partial charge in [-0.2, -0.15) is 0 Å². The summed E-state index contributed by atoms with van der Waals surface area (Å²) in [5.74, 6) is -1.23. The normalized spacial score (nSPS) is 10.5. The molecule has 0 atom stereocenters. The van der Waals surface area contributed by atoms with Gasteiger partial charge < -0.3 is 29.4 Å². The molecule has 0 unspecified atom stereocenters. The summed E-state index contributed by atoms with van der Waals surface area (Å²) in [5, 5.41) is 11.7. The Hall–Kier alpha value is -3.73. The van der Waals surface area contributed by atoms with E-state index < -0.39 is 18.2 Å². The fraction of sp³-hybridized carbons (Fsp3) is 0.250. The molecule has 0 radical (unpaired) electrons. The molecule has 0 aliphatic heterocycles. The van der Waals surface area contributed by atoms with Crippen LogP contribution in [0, 0.1) is 11.6 Å². The molecule has 3 aromatic rings. The molecule has 0 spiro atoms. The van der Waals surface area contributed by atoms with Crippen molar-refractivity contribution in [2.75, 3.05) is 32.8 Å². The molecule has 9 nitrogen and oxygen atoms in total. The highest BCUT2D eigenvalue weighted by molar-refractivity contribution is 5.52. The van der Waals surface area contributed by atoms with Crippen molar-refractivity contribution in [3.63, 3.8) is 0 Å². The summed E-state index contributed by atoms with van der Waals surface area (Å²) in [4.78, 5) is 12.3. The fourth-order valence-electron chi connectivity index (χ4n) is 2.49. The number of rotatable bonds is 10. The van der Waals surface area contributed by atoms with E-state index in [2.05, 4.69) is 20.3 Å². The highest BCUT2D eigenvalue weighted by atomic mass is 19.1. The van der Waals surface area contributed by atoms with E-state index in [1.807, 2.05) is 0 Å². The fourth-order valence-corrected chi connectivity index (χ4v) is 2.49. The van der Waals surface area contributed by atoms with E-state index in [1.165, 1.54) is 32.8 Å². The Kier molecular flexibility index (Phi) is 7.33. The molecule has 1 aromatic carbocycles. The van der Waals surface area contributed by atoms with E-state index in [9.17, 15) is 8.78 Å². The van der Waals surface area contributed by atoms with Crippen molar-refractivity contribution in [3.05, 3.63) is 54.0 Å². The quantitative estimate of drug-likeness (QED) is 0.498. The van der Waals surface area contributed by atoms with Gasteiger partial charge in [0.1, 0.15) is 13.2 Å². The van der Waals surface area contributed by atoms with Crippen LogP contribution in [0.25, 0.3) is 0 Å². The lowest BCUT2D eigenvalue weighted by atomic mass is 10.1. The number of anilines is 2. The Morgan fingerprint density at radius 3 is 2.16 bits per heavy atom. The molecular weight excluding hydrogens is 414 g/mol. The maximum Gasteiger partial charge on any atom is 0.227 e. The molecule has 0 aliphatic rings. The lowest BCUT2D eigenvalue weighted by molar-refractivity contribution is 0.196. The first-order chi connectivity index (χ1) is 15.0. The van der Waals surface area contributed by atoms with Crippen molar-refractivity contribution in [1.82, 2.24) is 15.0 Å². The molecule has 3 rings (SSSR count). The van der Waals surface area contributed by atoms with Crippen LogP contribution in [0.15, 0.2) is 36.8 Å². The Bertz CT molecular complexity index is 976. The topological polar surface area (TPSA) is 108 Å². The minimum Gasteiger partial charge on any atom is -0.494 e. The summed E-state index contributed by atoms with van der Waals surface area (Å²) in [7, 11) is 2.54. The second-order valence-electron chi connectivity index (χ2n) is 6.00. The second kappa shape index (κ2) is 10.3. The highest BCUT2D eigenvalue weighted by Gasteiger charge is 2.20. The van der Waals surface area contributed by atoms with Crippen LogP contribution < -0.4 is 24.3 Å². The number of nitrogens with zero attached hydrogens (tertiary/aromatic N) is 3. The number of halogens is 2. The van der Waals surface area contributed by atoms with Crippen LogP contribution in [0.2, 0.25) is 0 Å². The van der Waals surface area contributed by atoms with E-state index in [1.54, 1.807) is 12.1 Å². The SMILES string of the molecule is COc1cc(OC)c(F)c(COc2cnc(Nc3ccc(OCCO)nc3)nc2)c1F. The Labute approximate surface area is 176 Å². The van der Waals surface area contributed by atoms with Crippen molar-refractivity contribution in [3.8, 4) is 23.1 Å². The number of aliphatic hydroxyl groups is 1. The van der Waals surface area contributed by atoms with E-state index in [0.717, 1.165) is 6.07 Å². The molecule has 0 bridgehead atoms. The van der Waals surface area contributed by atoms with Crippen LogP contribution in [0.5, 0.6) is 23.1 Å². The molecular formula is C20H20F2N4O5. The molecule has 0 amide bonds. The van der Waals surface area contributed by atoms with Gasteiger partial charge in [-0.3, -0.25) is 0 Å². The van der Waals surface area contributed by atoms with Gasteiger partial charge in [-0.05, 0) is 6.07 Å². The molecule has 2 aromatic heterocycles. The number of methoxy groups -OCH3 is 2. The third kappa shape index (κ3) is 5.45. The first-order valence-corrected chi connectivity index (χ1v) is 9.06. The van der Waals surface area contributed by atoms with E-state index >= 15 is 0 Å². The number of nitrogens with one attached hydrogen (secondary N) is 1. The van der Waals surface area contributed by atoms with Crippen LogP contribution in [-0.4, -0.2) is 47.5 Å². The molecule has 0 saturated carbocycles. The van der Waals surface area contributed by atoms with E-state index in [-0.39, 0.29) is 42.0 Å². The third-order valence-corrected chi connectivity index (χ3v) is 4.01. The molecule has 164 valence electrons. The monoisotopic (exact) mass is 434 g/mol. The van der Waals surface area contributed by atoms with Crippen molar-refractivity contribution >= 4 is 11.6 Å². The molecule has 2 N–H and O–H groups in total. The van der Waals surface area contributed by atoms with Crippen molar-refractivity contribution in [1.29, 1.82) is 0 Å². The molecule has 2 heterocycles. The standard InChI is InChI=1S/C20H20F2N4O5/c1-28-15-7-16(29-2)19(22)14(18(15)21)11-31-13-9-24-20(25-10-13)26-12-3-4-17(23-8-12)30-6-5-27/h3-4,7-10,27H,5-6,11H2,1-2H3,(H,24,25,26). The molecule has 31 heavy (non-hydrogen) atoms. The maximum absolute atomic E-state index is 14.4. The lowest BCUT2D eigenvalue weighted by Crippen LogP contribution is -2.06. The Balaban J connectivity index is 1.64. The van der Waals surface area contributed by atoms with Gasteiger partial charge in [0, 0.05) is 12.1 Å². The summed E-state index contributed by atoms with van der Waals surface area (Å²) in [6.45, 7) is -0.365. The zero-order valence-corrected chi connectivity index (χ0v) is 16.8. The number of hydrogen-bond acceptors (Lipinski definition) is 9. The lowest BCUT2D eigenvalue weighted by Gasteiger charge is -2.13.